The topological polar surface area (TPSA) is 127 Å². The van der Waals surface area contributed by atoms with Crippen LogP contribution in [0.2, 0.25) is 0 Å². The smallest absolute Gasteiger partial charge is 0.329 e. The van der Waals surface area contributed by atoms with E-state index in [1.165, 1.54) is 12.6 Å². The first kappa shape index (κ1) is 30.2. The summed E-state index contributed by atoms with van der Waals surface area (Å²) in [7, 11) is 0. The molecule has 0 atom stereocenters. The average molecular weight is 593 g/mol. The second-order valence-corrected chi connectivity index (χ2v) is 10.6. The molecule has 1 saturated carbocycles. The van der Waals surface area contributed by atoms with Gasteiger partial charge in [-0.15, -0.1) is 0 Å². The summed E-state index contributed by atoms with van der Waals surface area (Å²) in [5.41, 5.74) is 5.78. The Kier molecular flexibility index (Phi) is 10.1. The zero-order chi connectivity index (χ0) is 30.7. The van der Waals surface area contributed by atoms with Crippen molar-refractivity contribution in [2.45, 2.75) is 51.5 Å². The Hall–Kier alpha value is -5.25. The predicted molar refractivity (Wildman–Crippen MR) is 170 cm³/mol. The molecule has 0 aliphatic heterocycles. The Bertz CT molecular complexity index is 1610. The number of ether oxygens (including phenoxy) is 1. The molecule has 1 aliphatic rings. The van der Waals surface area contributed by atoms with Gasteiger partial charge in [0.1, 0.15) is 11.4 Å². The van der Waals surface area contributed by atoms with Crippen molar-refractivity contribution in [3.63, 3.8) is 0 Å². The molecule has 3 amide bonds. The molecule has 3 aromatic carbocycles. The number of carbonyl (C=O) groups excluding carboxylic acids is 3. The van der Waals surface area contributed by atoms with Crippen molar-refractivity contribution in [2.75, 3.05) is 11.9 Å². The normalized spacial score (nSPS) is 13.4. The number of anilines is 1. The first-order chi connectivity index (χ1) is 21.5. The average Bonchev–Trinajstić information content (AvgIpc) is 3.49. The maximum Gasteiger partial charge on any atom is 0.329 e. The minimum atomic E-state index is -0.974. The van der Waals surface area contributed by atoms with E-state index in [2.05, 4.69) is 28.1 Å². The number of aromatic nitrogens is 2. The largest absolute Gasteiger partial charge is 0.494 e. The van der Waals surface area contributed by atoms with Crippen molar-refractivity contribution >= 4 is 29.6 Å². The molecule has 10 heteroatoms. The Balaban J connectivity index is 1.28. The Labute approximate surface area is 256 Å². The highest BCUT2D eigenvalue weighted by atomic mass is 16.5. The molecule has 3 N–H and O–H groups in total. The fourth-order valence-corrected chi connectivity index (χ4v) is 5.04. The van der Waals surface area contributed by atoms with E-state index in [9.17, 15) is 14.4 Å². The van der Waals surface area contributed by atoms with Gasteiger partial charge >= 0.3 is 11.8 Å². The van der Waals surface area contributed by atoms with Crippen molar-refractivity contribution < 1.29 is 19.1 Å². The number of nitrogens with zero attached hydrogens (tertiary/aromatic N) is 3. The summed E-state index contributed by atoms with van der Waals surface area (Å²) in [5, 5.41) is 14.4. The van der Waals surface area contributed by atoms with Gasteiger partial charge in [0.2, 0.25) is 0 Å². The van der Waals surface area contributed by atoms with E-state index in [1.807, 2.05) is 54.6 Å². The van der Waals surface area contributed by atoms with Crippen LogP contribution in [0.15, 0.2) is 90.2 Å². The van der Waals surface area contributed by atoms with E-state index < -0.39 is 11.8 Å². The van der Waals surface area contributed by atoms with Gasteiger partial charge in [0.15, 0.2) is 0 Å². The highest BCUT2D eigenvalue weighted by Gasteiger charge is 2.21. The molecule has 1 aromatic heterocycles. The van der Waals surface area contributed by atoms with Crippen LogP contribution in [0.25, 0.3) is 16.9 Å². The van der Waals surface area contributed by atoms with Crippen molar-refractivity contribution in [1.29, 1.82) is 0 Å². The number of benzene rings is 3. The quantitative estimate of drug-likeness (QED) is 0.128. The van der Waals surface area contributed by atoms with Gasteiger partial charge in [-0.3, -0.25) is 14.4 Å². The van der Waals surface area contributed by atoms with Crippen LogP contribution < -0.4 is 20.8 Å². The summed E-state index contributed by atoms with van der Waals surface area (Å²) in [6.45, 7) is 2.68. The lowest BCUT2D eigenvalue weighted by molar-refractivity contribution is -0.136. The number of hydrazone groups is 1. The minimum absolute atomic E-state index is 0.112. The van der Waals surface area contributed by atoms with Gasteiger partial charge in [-0.25, -0.2) is 10.1 Å². The van der Waals surface area contributed by atoms with Crippen LogP contribution in [0.4, 0.5) is 5.69 Å². The molecule has 0 radical (unpaired) electrons. The molecular formula is C34H36N6O4. The molecule has 1 aliphatic carbocycles. The fourth-order valence-electron chi connectivity index (χ4n) is 5.04. The predicted octanol–water partition coefficient (Wildman–Crippen LogP) is 5.48. The van der Waals surface area contributed by atoms with E-state index in [1.54, 1.807) is 35.1 Å². The zero-order valence-corrected chi connectivity index (χ0v) is 24.7. The maximum atomic E-state index is 12.9. The summed E-state index contributed by atoms with van der Waals surface area (Å²) >= 11 is 0. The molecular weight excluding hydrogens is 556 g/mol. The number of carbonyl (C=O) groups is 3. The summed E-state index contributed by atoms with van der Waals surface area (Å²) in [5.74, 6) is -1.43. The Morgan fingerprint density at radius 3 is 2.41 bits per heavy atom. The fraction of sp³-hybridized carbons (Fsp3) is 0.265. The number of rotatable bonds is 10. The Morgan fingerprint density at radius 2 is 1.66 bits per heavy atom. The molecule has 226 valence electrons. The molecule has 0 bridgehead atoms. The number of hydrogen-bond acceptors (Lipinski definition) is 6. The third-order valence-corrected chi connectivity index (χ3v) is 7.30. The first-order valence-corrected chi connectivity index (χ1v) is 14.9. The summed E-state index contributed by atoms with van der Waals surface area (Å²) < 4.78 is 7.43. The van der Waals surface area contributed by atoms with Crippen LogP contribution in [0.5, 0.6) is 5.75 Å². The second kappa shape index (κ2) is 14.8. The highest BCUT2D eigenvalue weighted by molar-refractivity contribution is 6.40. The lowest BCUT2D eigenvalue weighted by atomic mass is 9.95. The van der Waals surface area contributed by atoms with Gasteiger partial charge in [0.05, 0.1) is 29.8 Å². The van der Waals surface area contributed by atoms with Crippen LogP contribution in [-0.4, -0.2) is 46.4 Å². The van der Waals surface area contributed by atoms with Crippen molar-refractivity contribution in [3.05, 3.63) is 96.2 Å². The number of amides is 3. The van der Waals surface area contributed by atoms with Crippen molar-refractivity contribution in [3.8, 4) is 22.7 Å². The van der Waals surface area contributed by atoms with Crippen molar-refractivity contribution in [1.82, 2.24) is 20.5 Å². The summed E-state index contributed by atoms with van der Waals surface area (Å²) in [6.07, 6.45) is 9.36. The van der Waals surface area contributed by atoms with Crippen LogP contribution in [-0.2, 0) is 9.59 Å². The van der Waals surface area contributed by atoms with E-state index in [0.717, 1.165) is 49.1 Å². The molecule has 5 rings (SSSR count). The molecule has 0 saturated heterocycles. The van der Waals surface area contributed by atoms with E-state index >= 15 is 0 Å². The highest BCUT2D eigenvalue weighted by Crippen LogP contribution is 2.25. The summed E-state index contributed by atoms with van der Waals surface area (Å²) in [6, 6.07) is 23.9. The second-order valence-electron chi connectivity index (χ2n) is 10.6. The molecule has 44 heavy (non-hydrogen) atoms. The van der Waals surface area contributed by atoms with Crippen LogP contribution in [0.3, 0.4) is 0 Å². The van der Waals surface area contributed by atoms with Gasteiger partial charge in [0.25, 0.3) is 5.91 Å². The number of para-hydroxylation sites is 2. The molecule has 0 unspecified atom stereocenters. The molecule has 1 heterocycles. The van der Waals surface area contributed by atoms with Crippen LogP contribution in [0, 0.1) is 0 Å². The van der Waals surface area contributed by atoms with Gasteiger partial charge in [-0.05, 0) is 67.8 Å². The van der Waals surface area contributed by atoms with Gasteiger partial charge < -0.3 is 15.4 Å². The third kappa shape index (κ3) is 7.77. The third-order valence-electron chi connectivity index (χ3n) is 7.30. The van der Waals surface area contributed by atoms with E-state index in [-0.39, 0.29) is 17.6 Å². The maximum absolute atomic E-state index is 12.9. The van der Waals surface area contributed by atoms with Crippen molar-refractivity contribution in [2.24, 2.45) is 5.10 Å². The van der Waals surface area contributed by atoms with E-state index in [4.69, 9.17) is 9.84 Å². The summed E-state index contributed by atoms with van der Waals surface area (Å²) in [4.78, 5) is 38.3. The lowest BCUT2D eigenvalue weighted by Crippen LogP contribution is -2.37. The van der Waals surface area contributed by atoms with E-state index in [0.29, 0.717) is 23.4 Å². The standard InChI is InChI=1S/C34H36N6O4/c1-2-21-44-28-19-17-24(18-20-28)31-25(23-40(39-31)27-13-7-4-8-14-27)22-35-38-34(43)33(42)37-30-16-10-9-15-29(30)32(41)36-26-11-5-3-6-12-26/h4,7-10,13-20,22-23,26H,2-3,5-6,11-12,21H2,1H3,(H,36,41)(H,37,42)(H,38,43). The molecule has 10 nitrogen and oxygen atoms in total. The molecule has 4 aromatic rings. The lowest BCUT2D eigenvalue weighted by Gasteiger charge is -2.23. The SMILES string of the molecule is CCCOc1ccc(-c2nn(-c3ccccc3)cc2C=NNC(=O)C(=O)Nc2ccccc2C(=O)NC2CCCCC2)cc1. The molecule has 0 spiro atoms. The molecule has 1 fully saturated rings. The van der Waals surface area contributed by atoms with Gasteiger partial charge in [-0.2, -0.15) is 10.2 Å². The number of nitrogens with one attached hydrogen (secondary N) is 3. The van der Waals surface area contributed by atoms with Gasteiger partial charge in [0, 0.05) is 23.4 Å². The van der Waals surface area contributed by atoms with Crippen LogP contribution >= 0.6 is 0 Å². The number of hydrogen-bond donors (Lipinski definition) is 3. The minimum Gasteiger partial charge on any atom is -0.494 e. The van der Waals surface area contributed by atoms with Gasteiger partial charge in [-0.1, -0.05) is 56.5 Å². The zero-order valence-electron chi connectivity index (χ0n) is 24.7. The van der Waals surface area contributed by atoms with Crippen LogP contribution in [0.1, 0.15) is 61.4 Å². The first-order valence-electron chi connectivity index (χ1n) is 14.9. The Morgan fingerprint density at radius 1 is 0.932 bits per heavy atom. The monoisotopic (exact) mass is 592 g/mol.